The maximum Gasteiger partial charge on any atom is 0.111 e. The maximum atomic E-state index is 5.77. The van der Waals surface area contributed by atoms with Crippen LogP contribution in [0.4, 0.5) is 0 Å². The Kier molecular flexibility index (Phi) is 15.9. The van der Waals surface area contributed by atoms with E-state index in [-0.39, 0.29) is 67.5 Å². The second kappa shape index (κ2) is 23.3. The molecular formula is C92H106N8. The van der Waals surface area contributed by atoms with E-state index in [9.17, 15) is 0 Å². The number of H-pyrrole nitrogens is 2. The van der Waals surface area contributed by atoms with Crippen molar-refractivity contribution in [2.24, 2.45) is 20.0 Å². The molecule has 0 saturated carbocycles. The third-order valence-electron chi connectivity index (χ3n) is 21.5. The van der Waals surface area contributed by atoms with Crippen LogP contribution in [-0.2, 0) is 43.3 Å². The van der Waals surface area contributed by atoms with Gasteiger partial charge in [-0.15, -0.1) is 0 Å². The van der Waals surface area contributed by atoms with Gasteiger partial charge >= 0.3 is 0 Å². The second-order valence-electron chi connectivity index (χ2n) is 37.7. The zero-order valence-electron chi connectivity index (χ0n) is 64.1. The average Bonchev–Trinajstić information content (AvgIpc) is 1.58. The fraction of sp³-hybridized carbons (Fsp3) is 0.391. The quantitative estimate of drug-likeness (QED) is 0.138. The molecule has 0 spiro atoms. The lowest BCUT2D eigenvalue weighted by Crippen LogP contribution is -2.23. The van der Waals surface area contributed by atoms with E-state index in [2.05, 4.69) is 345 Å². The summed E-state index contributed by atoms with van der Waals surface area (Å²) in [6, 6.07) is 36.9. The average molecular weight is 1320 g/mol. The first-order valence-corrected chi connectivity index (χ1v) is 36.6. The van der Waals surface area contributed by atoms with Crippen LogP contribution >= 0.6 is 0 Å². The highest BCUT2D eigenvalue weighted by atomic mass is 15.0. The van der Waals surface area contributed by atoms with Crippen LogP contribution in [0.5, 0.6) is 0 Å². The number of allylic oxidation sites excluding steroid dienone is 8. The Morgan fingerprint density at radius 3 is 0.840 bits per heavy atom. The van der Waals surface area contributed by atoms with Crippen LogP contribution < -0.4 is 10.6 Å². The number of nitrogens with zero attached hydrogens (tertiary/aromatic N) is 4. The van der Waals surface area contributed by atoms with Crippen LogP contribution in [0.25, 0.3) is 22.3 Å². The van der Waals surface area contributed by atoms with Crippen LogP contribution in [-0.4, -0.2) is 44.9 Å². The van der Waals surface area contributed by atoms with Gasteiger partial charge in [0.1, 0.15) is 12.1 Å². The van der Waals surface area contributed by atoms with Crippen molar-refractivity contribution in [3.05, 3.63) is 281 Å². The fourth-order valence-corrected chi connectivity index (χ4v) is 14.9. The largest absolute Gasteiger partial charge is 0.372 e. The first-order valence-electron chi connectivity index (χ1n) is 36.6. The van der Waals surface area contributed by atoms with E-state index in [1.54, 1.807) is 0 Å². The van der Waals surface area contributed by atoms with Crippen LogP contribution in [0, 0.1) is 0 Å². The standard InChI is InChI=1S/C92H106N8/c1-85(2,3)55-37-51(38-56(45-55)86(4,5)6)79-69-29-25-65(93-69)67-27-31-73(95-67)81(53-41-59(89(13,14)15)47-60(42-53)90(16,17)18)77-49-63(83(99-77)75-35-33-71(79)97-75)64-50-78-82(54-43-61(91(19,20)21)48-62(44-54)92(22,23)24)74-32-28-68(96-74)66-26-30-70(94-66)80(72-34-36-76(98-72)84(64)100-78)52-39-57(87(7,8)9)46-58(40-52)88(10,11)12/h25-50,67-68,83-84,97-100H,1-24H3/b79-69-,80-70-,81-77-,82-78-. The minimum absolute atomic E-state index is 0.108. The maximum absolute atomic E-state index is 5.77. The van der Waals surface area contributed by atoms with Gasteiger partial charge in [0.15, 0.2) is 0 Å². The SMILES string of the molecule is CC(C)(C)c1cc(/C2=C3\C=C(C4=C/C5=C(\c6cc(C(C)(C)C)cc(C(C)(C)C)c6)C6=NC(C=C6)C6=N/C(=C(/c7cc(C(C)(C)C)cc(C(C)(C)C)c7)c7ccc([nH]7)C4N5)C=C6)C(N3)c3ccc([nH]3)/C(c3cc(C(C)(C)C)cc(C(C)(C)C)c3)=C3/C=CC(=N3)C3C=CC2=N3)cc(C(C)(C)C)c1. The Hall–Kier alpha value is -8.88. The number of fused-ring (bicyclic) bond motifs is 16. The van der Waals surface area contributed by atoms with Gasteiger partial charge in [0.05, 0.1) is 46.3 Å². The Bertz CT molecular complexity index is 4500. The molecule has 8 aliphatic heterocycles. The van der Waals surface area contributed by atoms with Gasteiger partial charge in [0.25, 0.3) is 0 Å². The number of hydrogen-bond acceptors (Lipinski definition) is 6. The highest BCUT2D eigenvalue weighted by molar-refractivity contribution is 6.33. The number of benzene rings is 4. The summed E-state index contributed by atoms with van der Waals surface area (Å²) < 4.78 is 0. The molecule has 0 amide bonds. The molecular weight excluding hydrogens is 1220 g/mol. The highest BCUT2D eigenvalue weighted by Gasteiger charge is 2.41. The molecule has 100 heavy (non-hydrogen) atoms. The minimum Gasteiger partial charge on any atom is -0.372 e. The molecule has 4 N–H and O–H groups in total. The second-order valence-corrected chi connectivity index (χ2v) is 37.7. The van der Waals surface area contributed by atoms with Gasteiger partial charge < -0.3 is 20.6 Å². The molecule has 8 aliphatic rings. The highest BCUT2D eigenvalue weighted by Crippen LogP contribution is 2.50. The summed E-state index contributed by atoms with van der Waals surface area (Å²) in [5.74, 6) is 0. The monoisotopic (exact) mass is 1320 g/mol. The first kappa shape index (κ1) is 68.3. The zero-order valence-corrected chi connectivity index (χ0v) is 64.1. The van der Waals surface area contributed by atoms with Crippen molar-refractivity contribution in [1.82, 2.24) is 20.6 Å². The summed E-state index contributed by atoms with van der Waals surface area (Å²) >= 11 is 0. The summed E-state index contributed by atoms with van der Waals surface area (Å²) in [7, 11) is 0. The molecule has 0 aliphatic carbocycles. The van der Waals surface area contributed by atoms with Crippen molar-refractivity contribution in [3.8, 4) is 0 Å². The van der Waals surface area contributed by atoms with E-state index in [1.807, 2.05) is 0 Å². The zero-order chi connectivity index (χ0) is 71.7. The summed E-state index contributed by atoms with van der Waals surface area (Å²) in [6.45, 7) is 55.8. The number of aromatic amines is 2. The van der Waals surface area contributed by atoms with Gasteiger partial charge in [-0.2, -0.15) is 0 Å². The Morgan fingerprint density at radius 2 is 0.570 bits per heavy atom. The van der Waals surface area contributed by atoms with E-state index >= 15 is 0 Å². The summed E-state index contributed by atoms with van der Waals surface area (Å²) in [6.07, 6.45) is 22.8. The van der Waals surface area contributed by atoms with Gasteiger partial charge in [0.2, 0.25) is 0 Å². The molecule has 0 radical (unpaired) electrons. The van der Waals surface area contributed by atoms with Crippen molar-refractivity contribution in [2.75, 3.05) is 0 Å². The van der Waals surface area contributed by atoms with E-state index in [4.69, 9.17) is 20.0 Å². The lowest BCUT2D eigenvalue weighted by molar-refractivity contribution is 0.567. The summed E-state index contributed by atoms with van der Waals surface area (Å²) in [5, 5.41) is 8.71. The predicted octanol–water partition coefficient (Wildman–Crippen LogP) is 21.7. The van der Waals surface area contributed by atoms with Gasteiger partial charge in [-0.3, -0.25) is 20.0 Å². The smallest absolute Gasteiger partial charge is 0.111 e. The molecule has 4 aromatic carbocycles. The lowest BCUT2D eigenvalue weighted by atomic mass is 9.78. The molecule has 0 saturated heterocycles. The summed E-state index contributed by atoms with van der Waals surface area (Å²) in [5.41, 5.74) is 32.0. The van der Waals surface area contributed by atoms with Crippen LogP contribution in [0.2, 0.25) is 0 Å². The molecule has 0 fully saturated rings. The number of hydrogen-bond donors (Lipinski definition) is 4. The molecule has 4 atom stereocenters. The van der Waals surface area contributed by atoms with E-state index < -0.39 is 0 Å². The number of rotatable bonds is 5. The third-order valence-corrected chi connectivity index (χ3v) is 21.5. The van der Waals surface area contributed by atoms with E-state index in [0.29, 0.717) is 0 Å². The third kappa shape index (κ3) is 12.7. The van der Waals surface area contributed by atoms with Crippen molar-refractivity contribution in [2.45, 2.75) is 234 Å². The van der Waals surface area contributed by atoms with Gasteiger partial charge in [-0.1, -0.05) is 251 Å². The normalized spacial score (nSPS) is 23.7. The topological polar surface area (TPSA) is 105 Å². The fourth-order valence-electron chi connectivity index (χ4n) is 14.9. The van der Waals surface area contributed by atoms with Crippen molar-refractivity contribution in [3.63, 3.8) is 0 Å². The minimum atomic E-state index is -0.365. The molecule has 8 nitrogen and oxygen atoms in total. The number of nitrogens with one attached hydrogen (secondary N) is 4. The Labute approximate surface area is 597 Å². The van der Waals surface area contributed by atoms with Crippen molar-refractivity contribution >= 4 is 45.1 Å². The lowest BCUT2D eigenvalue weighted by Gasteiger charge is -2.27. The van der Waals surface area contributed by atoms with Gasteiger partial charge in [-0.05, 0) is 194 Å². The first-order chi connectivity index (χ1) is 46.5. The van der Waals surface area contributed by atoms with Gasteiger partial charge in [-0.25, -0.2) is 0 Å². The predicted molar refractivity (Wildman–Crippen MR) is 425 cm³/mol. The van der Waals surface area contributed by atoms with E-state index in [0.717, 1.165) is 124 Å². The summed E-state index contributed by atoms with van der Waals surface area (Å²) in [4.78, 5) is 31.2. The molecule has 16 bridgehead atoms. The van der Waals surface area contributed by atoms with Crippen LogP contribution in [0.3, 0.4) is 0 Å². The van der Waals surface area contributed by atoms with Crippen molar-refractivity contribution in [1.29, 1.82) is 0 Å². The number of aromatic nitrogens is 2. The van der Waals surface area contributed by atoms with Crippen molar-refractivity contribution < 1.29 is 0 Å². The molecule has 4 unspecified atom stereocenters. The number of aliphatic imine (C=N–C) groups is 4. The molecule has 6 aromatic rings. The van der Waals surface area contributed by atoms with E-state index in [1.165, 1.54) is 44.5 Å². The molecule has 514 valence electrons. The molecule has 8 heteroatoms. The Morgan fingerprint density at radius 1 is 0.300 bits per heavy atom. The molecule has 10 heterocycles. The molecule has 2 aromatic heterocycles. The molecule has 14 rings (SSSR count). The Balaban J connectivity index is 1.08. The van der Waals surface area contributed by atoms with Gasteiger partial charge in [0, 0.05) is 56.5 Å². The van der Waals surface area contributed by atoms with Crippen LogP contribution in [0.1, 0.15) is 268 Å². The van der Waals surface area contributed by atoms with Crippen LogP contribution in [0.15, 0.2) is 212 Å².